The number of carbonyl (C=O) groups is 1. The van der Waals surface area contributed by atoms with Crippen LogP contribution in [0.2, 0.25) is 0 Å². The number of hydrogen-bond donors (Lipinski definition) is 6. The molecule has 0 radical (unpaired) electrons. The summed E-state index contributed by atoms with van der Waals surface area (Å²) in [5.74, 6) is -0.148. The number of carbonyl (C=O) groups excluding carboxylic acids is 1. The second-order valence-electron chi connectivity index (χ2n) is 17.2. The van der Waals surface area contributed by atoms with Gasteiger partial charge in [-0.05, 0) is 51.4 Å². The van der Waals surface area contributed by atoms with Crippen molar-refractivity contribution in [1.82, 2.24) is 5.32 Å². The van der Waals surface area contributed by atoms with E-state index in [-0.39, 0.29) is 12.5 Å². The summed E-state index contributed by atoms with van der Waals surface area (Å²) >= 11 is 0. The highest BCUT2D eigenvalue weighted by Gasteiger charge is 2.44. The van der Waals surface area contributed by atoms with Crippen molar-refractivity contribution in [2.75, 3.05) is 13.2 Å². The lowest BCUT2D eigenvalue weighted by molar-refractivity contribution is -0.302. The normalized spacial score (nSPS) is 20.9. The molecule has 7 atom stereocenters. The van der Waals surface area contributed by atoms with Crippen LogP contribution in [0.5, 0.6) is 0 Å². The average molecular weight is 848 g/mol. The van der Waals surface area contributed by atoms with Crippen LogP contribution in [0, 0.1) is 0 Å². The number of aliphatic hydroxyl groups excluding tert-OH is 5. The third-order valence-electron chi connectivity index (χ3n) is 11.7. The van der Waals surface area contributed by atoms with Gasteiger partial charge in [-0.15, -0.1) is 0 Å². The van der Waals surface area contributed by atoms with Gasteiger partial charge in [0.1, 0.15) is 24.4 Å². The number of ether oxygens (including phenoxy) is 2. The molecule has 6 N–H and O–H groups in total. The zero-order valence-corrected chi connectivity index (χ0v) is 38.5. The van der Waals surface area contributed by atoms with Gasteiger partial charge in [-0.1, -0.05) is 204 Å². The predicted molar refractivity (Wildman–Crippen MR) is 249 cm³/mol. The molecule has 1 fully saturated rings. The molecule has 1 aliphatic rings. The molecular formula is C51H93NO8. The van der Waals surface area contributed by atoms with Gasteiger partial charge in [0.05, 0.1) is 25.4 Å². The Morgan fingerprint density at radius 2 is 1.03 bits per heavy atom. The molecule has 1 amide bonds. The molecule has 60 heavy (non-hydrogen) atoms. The zero-order valence-electron chi connectivity index (χ0n) is 38.5. The van der Waals surface area contributed by atoms with Crippen LogP contribution in [-0.2, 0) is 14.3 Å². The number of unbranched alkanes of at least 4 members (excludes halogenated alkanes) is 23. The molecule has 0 aliphatic carbocycles. The topological polar surface area (TPSA) is 149 Å². The lowest BCUT2D eigenvalue weighted by atomic mass is 9.99. The molecule has 1 rings (SSSR count). The van der Waals surface area contributed by atoms with Crippen molar-refractivity contribution in [1.29, 1.82) is 0 Å². The number of hydrogen-bond acceptors (Lipinski definition) is 8. The number of rotatable bonds is 41. The van der Waals surface area contributed by atoms with Crippen LogP contribution in [0.3, 0.4) is 0 Å². The summed E-state index contributed by atoms with van der Waals surface area (Å²) in [4.78, 5) is 13.0. The zero-order chi connectivity index (χ0) is 43.7. The summed E-state index contributed by atoms with van der Waals surface area (Å²) in [7, 11) is 0. The first-order valence-corrected chi connectivity index (χ1v) is 24.8. The van der Waals surface area contributed by atoms with E-state index in [0.29, 0.717) is 12.8 Å². The van der Waals surface area contributed by atoms with E-state index in [1.165, 1.54) is 122 Å². The van der Waals surface area contributed by atoms with Gasteiger partial charge < -0.3 is 40.3 Å². The Hall–Kier alpha value is -1.85. The van der Waals surface area contributed by atoms with Crippen molar-refractivity contribution in [3.8, 4) is 0 Å². The molecule has 7 unspecified atom stereocenters. The van der Waals surface area contributed by atoms with Gasteiger partial charge in [0, 0.05) is 6.42 Å². The summed E-state index contributed by atoms with van der Waals surface area (Å²) in [5.41, 5.74) is 0. The van der Waals surface area contributed by atoms with Crippen LogP contribution in [-0.4, -0.2) is 87.5 Å². The average Bonchev–Trinajstić information content (AvgIpc) is 3.25. The van der Waals surface area contributed by atoms with E-state index in [2.05, 4.69) is 67.8 Å². The van der Waals surface area contributed by atoms with E-state index in [4.69, 9.17) is 9.47 Å². The fourth-order valence-corrected chi connectivity index (χ4v) is 7.74. The molecule has 350 valence electrons. The van der Waals surface area contributed by atoms with Crippen LogP contribution in [0.25, 0.3) is 0 Å². The van der Waals surface area contributed by atoms with Gasteiger partial charge in [0.15, 0.2) is 6.29 Å². The number of allylic oxidation sites excluding steroid dienone is 8. The molecule has 9 nitrogen and oxygen atoms in total. The maximum Gasteiger partial charge on any atom is 0.220 e. The fourth-order valence-electron chi connectivity index (χ4n) is 7.74. The van der Waals surface area contributed by atoms with Gasteiger partial charge >= 0.3 is 0 Å². The minimum atomic E-state index is -1.55. The third-order valence-corrected chi connectivity index (χ3v) is 11.7. The highest BCUT2D eigenvalue weighted by molar-refractivity contribution is 5.76. The van der Waals surface area contributed by atoms with E-state index < -0.39 is 49.5 Å². The number of amides is 1. The fraction of sp³-hybridized carbons (Fsp3) is 0.824. The van der Waals surface area contributed by atoms with Crippen LogP contribution in [0.15, 0.2) is 48.6 Å². The van der Waals surface area contributed by atoms with Crippen molar-refractivity contribution in [2.45, 2.75) is 256 Å². The minimum absolute atomic E-state index is 0.138. The van der Waals surface area contributed by atoms with Gasteiger partial charge in [-0.2, -0.15) is 0 Å². The molecule has 0 spiro atoms. The standard InChI is InChI=1S/C51H93NO8/c1-3-5-7-9-11-13-14-15-16-17-18-19-20-21-22-23-24-25-26-27-28-29-30-31-32-33-35-37-39-41-47(55)52-44(45(54)40-38-36-34-12-10-8-6-4-2)43-59-51-50(58)49(57)48(56)46(42-53)60-51/h5,7,11,13,15-16,18-19,44-46,48-51,53-54,56-58H,3-4,6,8-10,12,14,17,20-43H2,1-2H3,(H,52,55)/b7-5-,13-11-,16-15-,19-18-. The van der Waals surface area contributed by atoms with Crippen molar-refractivity contribution in [2.24, 2.45) is 0 Å². The number of nitrogens with one attached hydrogen (secondary N) is 1. The largest absolute Gasteiger partial charge is 0.394 e. The van der Waals surface area contributed by atoms with Crippen molar-refractivity contribution >= 4 is 5.91 Å². The SMILES string of the molecule is CC/C=C\C/C=C\C/C=C\C/C=C\CCCCCCCCCCCCCCCCCCC(=O)NC(COC1OC(CO)C(O)C(O)C1O)C(O)CCCCCCCCCC. The van der Waals surface area contributed by atoms with Gasteiger partial charge in [0.2, 0.25) is 5.91 Å². The molecule has 0 aromatic heterocycles. The van der Waals surface area contributed by atoms with Gasteiger partial charge in [0.25, 0.3) is 0 Å². The molecular weight excluding hydrogens is 755 g/mol. The molecule has 0 aromatic carbocycles. The van der Waals surface area contributed by atoms with Crippen LogP contribution in [0.1, 0.15) is 213 Å². The number of aliphatic hydroxyl groups is 5. The summed E-state index contributed by atoms with van der Waals surface area (Å²) in [6.45, 7) is 3.68. The van der Waals surface area contributed by atoms with Crippen molar-refractivity contribution < 1.29 is 39.8 Å². The van der Waals surface area contributed by atoms with E-state index in [1.807, 2.05) is 0 Å². The second kappa shape index (κ2) is 41.2. The molecule has 1 aliphatic heterocycles. The molecule has 0 saturated carbocycles. The Bertz CT molecular complexity index is 1080. The Kier molecular flexibility index (Phi) is 38.5. The summed E-state index contributed by atoms with van der Waals surface area (Å²) in [5, 5.41) is 54.2. The Morgan fingerprint density at radius 1 is 0.583 bits per heavy atom. The Balaban J connectivity index is 2.12. The van der Waals surface area contributed by atoms with E-state index in [0.717, 1.165) is 64.2 Å². The minimum Gasteiger partial charge on any atom is -0.394 e. The van der Waals surface area contributed by atoms with E-state index in [9.17, 15) is 30.3 Å². The van der Waals surface area contributed by atoms with Crippen molar-refractivity contribution in [3.05, 3.63) is 48.6 Å². The van der Waals surface area contributed by atoms with E-state index in [1.54, 1.807) is 0 Å². The lowest BCUT2D eigenvalue weighted by Crippen LogP contribution is -2.60. The van der Waals surface area contributed by atoms with Crippen LogP contribution >= 0.6 is 0 Å². The molecule has 0 bridgehead atoms. The molecule has 0 aromatic rings. The molecule has 1 heterocycles. The molecule has 1 saturated heterocycles. The highest BCUT2D eigenvalue weighted by Crippen LogP contribution is 2.23. The monoisotopic (exact) mass is 848 g/mol. The first-order chi connectivity index (χ1) is 29.3. The molecule has 9 heteroatoms. The maximum absolute atomic E-state index is 13.0. The van der Waals surface area contributed by atoms with Gasteiger partial charge in [-0.25, -0.2) is 0 Å². The summed E-state index contributed by atoms with van der Waals surface area (Å²) in [6.07, 6.45) is 45.8. The first-order valence-electron chi connectivity index (χ1n) is 24.8. The highest BCUT2D eigenvalue weighted by atomic mass is 16.7. The smallest absolute Gasteiger partial charge is 0.220 e. The second-order valence-corrected chi connectivity index (χ2v) is 17.2. The predicted octanol–water partition coefficient (Wildman–Crippen LogP) is 11.0. The third kappa shape index (κ3) is 31.1. The quantitative estimate of drug-likeness (QED) is 0.0263. The summed E-state index contributed by atoms with van der Waals surface area (Å²) in [6, 6.07) is -0.716. The summed E-state index contributed by atoms with van der Waals surface area (Å²) < 4.78 is 11.2. The van der Waals surface area contributed by atoms with Crippen molar-refractivity contribution in [3.63, 3.8) is 0 Å². The van der Waals surface area contributed by atoms with E-state index >= 15 is 0 Å². The Morgan fingerprint density at radius 3 is 1.53 bits per heavy atom. The first kappa shape index (κ1) is 56.2. The lowest BCUT2D eigenvalue weighted by Gasteiger charge is -2.40. The van der Waals surface area contributed by atoms with Crippen LogP contribution in [0.4, 0.5) is 0 Å². The van der Waals surface area contributed by atoms with Crippen LogP contribution < -0.4 is 5.32 Å². The maximum atomic E-state index is 13.0. The van der Waals surface area contributed by atoms with Gasteiger partial charge in [-0.3, -0.25) is 4.79 Å². The Labute approximate surface area is 367 Å².